The van der Waals surface area contributed by atoms with E-state index in [0.717, 1.165) is 0 Å². The molecule has 0 spiro atoms. The van der Waals surface area contributed by atoms with E-state index >= 15 is 0 Å². The molecule has 1 aliphatic heterocycles. The first kappa shape index (κ1) is 16.6. The molecule has 1 rings (SSSR count). The van der Waals surface area contributed by atoms with Crippen LogP contribution in [0, 0.1) is 0 Å². The van der Waals surface area contributed by atoms with Crippen LogP contribution < -0.4 is 4.65 Å². The van der Waals surface area contributed by atoms with Gasteiger partial charge in [-0.15, -0.1) is 0 Å². The van der Waals surface area contributed by atoms with Gasteiger partial charge in [-0.05, 0) is 51.4 Å². The van der Waals surface area contributed by atoms with Gasteiger partial charge in [0.1, 0.15) is 0 Å². The Bertz CT molecular complexity index is 287. The zero-order valence-electron chi connectivity index (χ0n) is 13.7. The Kier molecular flexibility index (Phi) is 5.06. The van der Waals surface area contributed by atoms with Gasteiger partial charge in [0.25, 0.3) is 0 Å². The summed E-state index contributed by atoms with van der Waals surface area (Å²) in [6.07, 6.45) is 0. The fourth-order valence-electron chi connectivity index (χ4n) is 3.84. The molecular weight excluding hydrogens is 270 g/mol. The van der Waals surface area contributed by atoms with Crippen LogP contribution in [0.1, 0.15) is 27.7 Å². The number of hydrogen-bond acceptors (Lipinski definition) is 3. The zero-order chi connectivity index (χ0) is 14.2. The number of rotatable bonds is 4. The second-order valence-corrected chi connectivity index (χ2v) is 20.3. The van der Waals surface area contributed by atoms with Gasteiger partial charge in [-0.2, -0.15) is 0 Å². The smallest absolute Gasteiger partial charge is 0.192 e. The molecule has 1 unspecified atom stereocenters. The fraction of sp³-hybridized carbons (Fsp3) is 1.00. The molecule has 1 N–H and O–H groups in total. The van der Waals surface area contributed by atoms with Crippen LogP contribution in [-0.4, -0.2) is 47.2 Å². The number of nitrogens with one attached hydrogen (secondary N) is 1. The monoisotopic (exact) mass is 303 g/mol. The Morgan fingerprint density at radius 1 is 0.889 bits per heavy atom. The van der Waals surface area contributed by atoms with Crippen molar-refractivity contribution in [3.05, 3.63) is 0 Å². The van der Waals surface area contributed by atoms with Crippen LogP contribution in [0.4, 0.5) is 0 Å². The summed E-state index contributed by atoms with van der Waals surface area (Å²) in [7, 11) is -1.89. The van der Waals surface area contributed by atoms with E-state index in [1.165, 1.54) is 24.7 Å². The average Bonchev–Trinajstić information content (AvgIpc) is 2.35. The standard InChI is InChI=1S/C12H33N3Si3/c1-9-15-17(8,10-2)14(5)16(6,7)13-18(15,11-3)12-4/h13H,9-12H2,1-8H3. The van der Waals surface area contributed by atoms with E-state index in [9.17, 15) is 0 Å². The van der Waals surface area contributed by atoms with E-state index in [2.05, 4.69) is 67.5 Å². The second-order valence-electron chi connectivity index (χ2n) is 6.30. The Morgan fingerprint density at radius 3 is 1.72 bits per heavy atom. The molecule has 108 valence electrons. The van der Waals surface area contributed by atoms with Gasteiger partial charge in [0.05, 0.1) is 0 Å². The van der Waals surface area contributed by atoms with Gasteiger partial charge in [-0.25, -0.2) is 0 Å². The highest BCUT2D eigenvalue weighted by molar-refractivity contribution is 7.04. The molecule has 18 heavy (non-hydrogen) atoms. The van der Waals surface area contributed by atoms with E-state index in [1.54, 1.807) is 0 Å². The van der Waals surface area contributed by atoms with Crippen LogP contribution in [-0.2, 0) is 0 Å². The molecule has 0 amide bonds. The van der Waals surface area contributed by atoms with E-state index in [4.69, 9.17) is 0 Å². The van der Waals surface area contributed by atoms with Crippen LogP contribution in [0.15, 0.2) is 0 Å². The highest BCUT2D eigenvalue weighted by Crippen LogP contribution is 2.35. The molecule has 6 heteroatoms. The third-order valence-corrected chi connectivity index (χ3v) is 25.1. The highest BCUT2D eigenvalue weighted by Gasteiger charge is 2.58. The Morgan fingerprint density at radius 2 is 1.39 bits per heavy atom. The molecule has 1 atom stereocenters. The predicted molar refractivity (Wildman–Crippen MR) is 89.6 cm³/mol. The quantitative estimate of drug-likeness (QED) is 0.805. The Labute approximate surface area is 117 Å². The van der Waals surface area contributed by atoms with Gasteiger partial charge in [0.15, 0.2) is 25.2 Å². The van der Waals surface area contributed by atoms with Crippen molar-refractivity contribution in [1.82, 2.24) is 13.1 Å². The minimum atomic E-state index is -1.43. The molecule has 0 bridgehead atoms. The van der Waals surface area contributed by atoms with E-state index in [-0.39, 0.29) is 0 Å². The first-order chi connectivity index (χ1) is 8.24. The SMILES string of the molecule is CCN1[Si](CC)(CC)N[Si](C)(C)N(C)[Si]1(C)CC. The van der Waals surface area contributed by atoms with Gasteiger partial charge in [-0.3, -0.25) is 0 Å². The molecule has 1 saturated heterocycles. The molecule has 0 aromatic rings. The van der Waals surface area contributed by atoms with Crippen molar-refractivity contribution < 1.29 is 0 Å². The summed E-state index contributed by atoms with van der Waals surface area (Å²) in [4.78, 5) is 0. The average molecular weight is 304 g/mol. The van der Waals surface area contributed by atoms with Crippen molar-refractivity contribution in [3.63, 3.8) is 0 Å². The Hall–Kier alpha value is 0.531. The van der Waals surface area contributed by atoms with Crippen molar-refractivity contribution >= 4 is 25.2 Å². The first-order valence-electron chi connectivity index (χ1n) is 7.55. The molecule has 0 aromatic carbocycles. The predicted octanol–water partition coefficient (Wildman–Crippen LogP) is 3.12. The van der Waals surface area contributed by atoms with E-state index < -0.39 is 25.2 Å². The summed E-state index contributed by atoms with van der Waals surface area (Å²) in [6, 6.07) is 4.05. The first-order valence-corrected chi connectivity index (χ1v) is 15.5. The molecule has 0 radical (unpaired) electrons. The zero-order valence-corrected chi connectivity index (χ0v) is 16.7. The minimum absolute atomic E-state index is 1.23. The third kappa shape index (κ3) is 2.31. The van der Waals surface area contributed by atoms with Crippen LogP contribution in [0.2, 0.25) is 37.8 Å². The third-order valence-electron chi connectivity index (χ3n) is 5.35. The maximum Gasteiger partial charge on any atom is 0.192 e. The lowest BCUT2D eigenvalue weighted by molar-refractivity contribution is 0.510. The molecule has 3 nitrogen and oxygen atoms in total. The van der Waals surface area contributed by atoms with Gasteiger partial charge in [-0.1, -0.05) is 27.7 Å². The molecule has 0 aromatic heterocycles. The largest absolute Gasteiger partial charge is 0.336 e. The van der Waals surface area contributed by atoms with E-state index in [1.807, 2.05) is 0 Å². The minimum Gasteiger partial charge on any atom is -0.336 e. The molecule has 1 aliphatic rings. The fourth-order valence-corrected chi connectivity index (χ4v) is 27.3. The van der Waals surface area contributed by atoms with Crippen molar-refractivity contribution in [2.45, 2.75) is 65.5 Å². The molecule has 1 heterocycles. The summed E-state index contributed by atoms with van der Waals surface area (Å²) < 4.78 is 9.99. The number of nitrogens with zero attached hydrogens (tertiary/aromatic N) is 2. The van der Waals surface area contributed by atoms with Crippen molar-refractivity contribution in [2.24, 2.45) is 0 Å². The summed E-state index contributed by atoms with van der Waals surface area (Å²) >= 11 is 0. The summed E-state index contributed by atoms with van der Waals surface area (Å²) in [5.74, 6) is 0. The van der Waals surface area contributed by atoms with Gasteiger partial charge in [0.2, 0.25) is 0 Å². The van der Waals surface area contributed by atoms with Gasteiger partial charge in [0, 0.05) is 0 Å². The van der Waals surface area contributed by atoms with Gasteiger partial charge >= 0.3 is 0 Å². The maximum absolute atomic E-state index is 4.21. The highest BCUT2D eigenvalue weighted by atomic mass is 28.5. The normalized spacial score (nSPS) is 32.7. The van der Waals surface area contributed by atoms with Crippen LogP contribution in [0.3, 0.4) is 0 Å². The lowest BCUT2D eigenvalue weighted by atomic mass is 10.8. The Balaban J connectivity index is 3.32. The lowest BCUT2D eigenvalue weighted by Gasteiger charge is -2.64. The van der Waals surface area contributed by atoms with E-state index in [0.29, 0.717) is 0 Å². The van der Waals surface area contributed by atoms with Crippen LogP contribution >= 0.6 is 0 Å². The van der Waals surface area contributed by atoms with Crippen LogP contribution in [0.25, 0.3) is 0 Å². The van der Waals surface area contributed by atoms with Crippen LogP contribution in [0.5, 0.6) is 0 Å². The summed E-state index contributed by atoms with van der Waals surface area (Å²) in [5, 5.41) is 0. The summed E-state index contributed by atoms with van der Waals surface area (Å²) in [6.45, 7) is 18.4. The van der Waals surface area contributed by atoms with Gasteiger partial charge < -0.3 is 13.1 Å². The topological polar surface area (TPSA) is 18.5 Å². The number of hydrogen-bond donors (Lipinski definition) is 1. The lowest BCUT2D eigenvalue weighted by Crippen LogP contribution is -2.89. The molecular formula is C12H33N3Si3. The molecule has 0 aliphatic carbocycles. The second kappa shape index (κ2) is 5.49. The molecule has 0 saturated carbocycles. The van der Waals surface area contributed by atoms with Crippen molar-refractivity contribution in [1.29, 1.82) is 0 Å². The summed E-state index contributed by atoms with van der Waals surface area (Å²) in [5.41, 5.74) is 0. The van der Waals surface area contributed by atoms with Crippen molar-refractivity contribution in [3.8, 4) is 0 Å². The molecule has 1 fully saturated rings. The maximum atomic E-state index is 4.21. The van der Waals surface area contributed by atoms with Crippen molar-refractivity contribution in [2.75, 3.05) is 13.6 Å².